The van der Waals surface area contributed by atoms with Crippen molar-refractivity contribution in [1.82, 2.24) is 4.98 Å². The topological polar surface area (TPSA) is 132 Å². The Labute approximate surface area is 225 Å². The summed E-state index contributed by atoms with van der Waals surface area (Å²) in [6.07, 6.45) is 0.611. The van der Waals surface area contributed by atoms with Gasteiger partial charge >= 0.3 is 5.91 Å². The molecule has 2 atom stereocenters. The number of nitro benzene ring substituents is 1. The number of hydrogen-bond donors (Lipinski definition) is 1. The van der Waals surface area contributed by atoms with Crippen molar-refractivity contribution in [2.24, 2.45) is 0 Å². The summed E-state index contributed by atoms with van der Waals surface area (Å²) >= 11 is 1.17. The summed E-state index contributed by atoms with van der Waals surface area (Å²) in [5.41, 5.74) is 1.70. The SMILES string of the molecule is COc1ccc2nc(N3C(=O)C(=O)C(=C(O)c4ccc5c(c4)C[C@@H](C)O5)[C@H]3c3cccc([N+](=O)[O-])c3)sc2c1. The minimum atomic E-state index is -1.14. The lowest BCUT2D eigenvalue weighted by molar-refractivity contribution is -0.384. The molecule has 1 saturated heterocycles. The third-order valence-electron chi connectivity index (χ3n) is 6.80. The van der Waals surface area contributed by atoms with Gasteiger partial charge in [-0.3, -0.25) is 24.6 Å². The summed E-state index contributed by atoms with van der Waals surface area (Å²) in [5.74, 6) is -0.884. The van der Waals surface area contributed by atoms with Gasteiger partial charge in [0.15, 0.2) is 5.13 Å². The van der Waals surface area contributed by atoms with Crippen LogP contribution >= 0.6 is 11.3 Å². The number of thiazole rings is 1. The quantitative estimate of drug-likeness (QED) is 0.120. The van der Waals surface area contributed by atoms with Crippen LogP contribution in [0.2, 0.25) is 0 Å². The van der Waals surface area contributed by atoms with Crippen LogP contribution in [-0.4, -0.2) is 39.9 Å². The van der Waals surface area contributed by atoms with Gasteiger partial charge in [-0.15, -0.1) is 0 Å². The molecule has 196 valence electrons. The fraction of sp³-hybridized carbons (Fsp3) is 0.179. The van der Waals surface area contributed by atoms with Crippen LogP contribution in [0.5, 0.6) is 11.5 Å². The summed E-state index contributed by atoms with van der Waals surface area (Å²) in [6.45, 7) is 1.93. The Morgan fingerprint density at radius 1 is 1.18 bits per heavy atom. The molecule has 10 nitrogen and oxygen atoms in total. The van der Waals surface area contributed by atoms with Gasteiger partial charge in [0.2, 0.25) is 0 Å². The number of aromatic nitrogens is 1. The molecule has 3 heterocycles. The zero-order chi connectivity index (χ0) is 27.4. The number of rotatable bonds is 5. The first-order valence-corrected chi connectivity index (χ1v) is 12.9. The number of aliphatic hydroxyl groups excluding tert-OH is 1. The molecule has 2 aliphatic heterocycles. The lowest BCUT2D eigenvalue weighted by atomic mass is 9.94. The number of fused-ring (bicyclic) bond motifs is 2. The molecule has 1 amide bonds. The van der Waals surface area contributed by atoms with Gasteiger partial charge in [-0.2, -0.15) is 0 Å². The van der Waals surface area contributed by atoms with E-state index in [0.717, 1.165) is 10.3 Å². The molecule has 0 radical (unpaired) electrons. The van der Waals surface area contributed by atoms with Gasteiger partial charge in [0.1, 0.15) is 23.4 Å². The number of non-ortho nitro benzene ring substituents is 1. The van der Waals surface area contributed by atoms with Crippen molar-refractivity contribution in [2.75, 3.05) is 12.0 Å². The van der Waals surface area contributed by atoms with Crippen LogP contribution in [0.25, 0.3) is 16.0 Å². The first kappa shape index (κ1) is 24.6. The minimum absolute atomic E-state index is 0.0227. The molecule has 6 rings (SSSR count). The van der Waals surface area contributed by atoms with E-state index in [-0.39, 0.29) is 28.3 Å². The van der Waals surface area contributed by atoms with Crippen LogP contribution in [0, 0.1) is 10.1 Å². The van der Waals surface area contributed by atoms with E-state index in [0.29, 0.717) is 34.6 Å². The summed E-state index contributed by atoms with van der Waals surface area (Å²) in [7, 11) is 1.54. The number of nitrogens with zero attached hydrogens (tertiary/aromatic N) is 3. The molecule has 0 bridgehead atoms. The van der Waals surface area contributed by atoms with Gasteiger partial charge in [0.25, 0.3) is 11.5 Å². The zero-order valence-corrected chi connectivity index (χ0v) is 21.6. The van der Waals surface area contributed by atoms with E-state index in [4.69, 9.17) is 9.47 Å². The number of carbonyl (C=O) groups is 2. The highest BCUT2D eigenvalue weighted by atomic mass is 32.1. The number of nitro groups is 1. The number of carbonyl (C=O) groups excluding carboxylic acids is 2. The molecule has 1 aromatic heterocycles. The van der Waals surface area contributed by atoms with E-state index in [1.54, 1.807) is 42.5 Å². The number of amides is 1. The number of Topliss-reactive ketones (excluding diaryl/α,β-unsaturated/α-hetero) is 1. The van der Waals surface area contributed by atoms with E-state index < -0.39 is 22.7 Å². The summed E-state index contributed by atoms with van der Waals surface area (Å²) < 4.78 is 11.8. The number of hydrogen-bond acceptors (Lipinski definition) is 9. The molecule has 4 aromatic rings. The Morgan fingerprint density at radius 2 is 2.00 bits per heavy atom. The van der Waals surface area contributed by atoms with Crippen LogP contribution in [0.1, 0.15) is 29.7 Å². The third kappa shape index (κ3) is 4.07. The average molecular weight is 544 g/mol. The molecule has 1 N–H and O–H groups in total. The molecule has 1 fully saturated rings. The number of aliphatic hydroxyl groups is 1. The van der Waals surface area contributed by atoms with Crippen molar-refractivity contribution in [2.45, 2.75) is 25.5 Å². The molecular weight excluding hydrogens is 522 g/mol. The number of ketones is 1. The van der Waals surface area contributed by atoms with Gasteiger partial charge in [-0.1, -0.05) is 23.5 Å². The normalized spacial score (nSPS) is 19.8. The Bertz CT molecular complexity index is 1730. The van der Waals surface area contributed by atoms with Crippen molar-refractivity contribution in [3.63, 3.8) is 0 Å². The average Bonchev–Trinajstić information content (AvgIpc) is 3.59. The van der Waals surface area contributed by atoms with Crippen molar-refractivity contribution < 1.29 is 29.1 Å². The Hall–Kier alpha value is -4.77. The second kappa shape index (κ2) is 9.21. The second-order valence-corrected chi connectivity index (χ2v) is 10.3. The lowest BCUT2D eigenvalue weighted by Crippen LogP contribution is -2.29. The van der Waals surface area contributed by atoms with Crippen LogP contribution < -0.4 is 14.4 Å². The van der Waals surface area contributed by atoms with Crippen molar-refractivity contribution in [1.29, 1.82) is 0 Å². The van der Waals surface area contributed by atoms with Gasteiger partial charge in [-0.25, -0.2) is 4.98 Å². The first-order chi connectivity index (χ1) is 18.7. The number of anilines is 1. The maximum absolute atomic E-state index is 13.5. The highest BCUT2D eigenvalue weighted by Gasteiger charge is 2.48. The van der Waals surface area contributed by atoms with Crippen molar-refractivity contribution in [3.8, 4) is 11.5 Å². The predicted molar refractivity (Wildman–Crippen MR) is 144 cm³/mol. The number of benzene rings is 3. The van der Waals surface area contributed by atoms with E-state index in [2.05, 4.69) is 4.98 Å². The fourth-order valence-corrected chi connectivity index (χ4v) is 6.02. The molecule has 0 spiro atoms. The Morgan fingerprint density at radius 3 is 2.77 bits per heavy atom. The number of methoxy groups -OCH3 is 1. The van der Waals surface area contributed by atoms with Gasteiger partial charge in [0, 0.05) is 24.1 Å². The molecule has 11 heteroatoms. The van der Waals surface area contributed by atoms with E-state index >= 15 is 0 Å². The first-order valence-electron chi connectivity index (χ1n) is 12.0. The summed E-state index contributed by atoms with van der Waals surface area (Å²) in [5, 5.41) is 23.2. The lowest BCUT2D eigenvalue weighted by Gasteiger charge is -2.22. The van der Waals surface area contributed by atoms with Crippen LogP contribution in [0.15, 0.2) is 66.2 Å². The highest BCUT2D eigenvalue weighted by molar-refractivity contribution is 7.22. The number of ether oxygens (including phenoxy) is 2. The van der Waals surface area contributed by atoms with E-state index in [9.17, 15) is 24.8 Å². The van der Waals surface area contributed by atoms with Gasteiger partial charge < -0.3 is 14.6 Å². The zero-order valence-electron chi connectivity index (χ0n) is 20.8. The maximum Gasteiger partial charge on any atom is 0.301 e. The maximum atomic E-state index is 13.5. The molecule has 2 aliphatic rings. The smallest absolute Gasteiger partial charge is 0.301 e. The molecular formula is C28H21N3O7S. The molecule has 0 saturated carbocycles. The Balaban J connectivity index is 1.55. The molecule has 3 aromatic carbocycles. The van der Waals surface area contributed by atoms with E-state index in [1.807, 2.05) is 6.92 Å². The second-order valence-electron chi connectivity index (χ2n) is 9.31. The summed E-state index contributed by atoms with van der Waals surface area (Å²) in [6, 6.07) is 14.8. The van der Waals surface area contributed by atoms with Crippen molar-refractivity contribution in [3.05, 3.63) is 93.0 Å². The van der Waals surface area contributed by atoms with Crippen LogP contribution in [0.3, 0.4) is 0 Å². The van der Waals surface area contributed by atoms with E-state index in [1.165, 1.54) is 41.5 Å². The van der Waals surface area contributed by atoms with Gasteiger partial charge in [0.05, 0.1) is 33.9 Å². The molecule has 0 aliphatic carbocycles. The summed E-state index contributed by atoms with van der Waals surface area (Å²) in [4.78, 5) is 43.8. The highest BCUT2D eigenvalue weighted by Crippen LogP contribution is 2.45. The molecule has 39 heavy (non-hydrogen) atoms. The van der Waals surface area contributed by atoms with Gasteiger partial charge in [-0.05, 0) is 54.4 Å². The largest absolute Gasteiger partial charge is 0.507 e. The standard InChI is InChI=1S/C28H21N3O7S/c1-14-10-17-11-16(6-9-21(17)38-14)25(32)23-24(15-4-3-5-18(12-15)31(35)36)30(27(34)26(23)33)28-29-20-8-7-19(37-2)13-22(20)39-28/h3-9,11-14,24,32H,10H2,1-2H3/t14-,24-/m1/s1. The van der Waals surface area contributed by atoms with Crippen molar-refractivity contribution >= 4 is 49.8 Å². The van der Waals surface area contributed by atoms with Crippen LogP contribution in [0.4, 0.5) is 10.8 Å². The van der Waals surface area contributed by atoms with Crippen LogP contribution in [-0.2, 0) is 16.0 Å². The fourth-order valence-electron chi connectivity index (χ4n) is 5.00. The Kier molecular flexibility index (Phi) is 5.80. The minimum Gasteiger partial charge on any atom is -0.507 e. The monoisotopic (exact) mass is 543 g/mol. The molecule has 0 unspecified atom stereocenters. The third-order valence-corrected chi connectivity index (χ3v) is 7.82. The predicted octanol–water partition coefficient (Wildman–Crippen LogP) is 5.16.